The third-order valence-corrected chi connectivity index (χ3v) is 5.82. The fourth-order valence-electron chi connectivity index (χ4n) is 3.39. The Bertz CT molecular complexity index is 691. The van der Waals surface area contributed by atoms with Gasteiger partial charge in [0.25, 0.3) is 0 Å². The van der Waals surface area contributed by atoms with E-state index in [1.807, 2.05) is 17.5 Å². The molecule has 0 atom stereocenters. The first-order chi connectivity index (χ1) is 13.3. The first-order valence-corrected chi connectivity index (χ1v) is 10.9. The van der Waals surface area contributed by atoms with Crippen molar-refractivity contribution in [3.8, 4) is 0 Å². The van der Waals surface area contributed by atoms with E-state index in [0.29, 0.717) is 0 Å². The number of halogens is 1. The number of rotatable bonds is 8. The molecule has 0 unspecified atom stereocenters. The number of guanidine groups is 1. The van der Waals surface area contributed by atoms with Gasteiger partial charge >= 0.3 is 0 Å². The Morgan fingerprint density at radius 3 is 2.71 bits per heavy atom. The van der Waals surface area contributed by atoms with Crippen molar-refractivity contribution in [3.05, 3.63) is 40.6 Å². The van der Waals surface area contributed by atoms with E-state index in [4.69, 9.17) is 4.99 Å². The molecule has 1 N–H and O–H groups in total. The highest BCUT2D eigenvalue weighted by Gasteiger charge is 2.19. The van der Waals surface area contributed by atoms with Crippen LogP contribution in [0.15, 0.2) is 34.9 Å². The fraction of sp³-hybridized carbons (Fsp3) is 0.600. The zero-order chi connectivity index (χ0) is 18.9. The van der Waals surface area contributed by atoms with Crippen LogP contribution in [0.1, 0.15) is 30.5 Å². The van der Waals surface area contributed by atoms with E-state index in [-0.39, 0.29) is 24.0 Å². The lowest BCUT2D eigenvalue weighted by Gasteiger charge is -2.36. The summed E-state index contributed by atoms with van der Waals surface area (Å²) in [6, 6.07) is 4.37. The number of hydrogen-bond acceptors (Lipinski definition) is 4. The Hall–Kier alpha value is -1.13. The number of aliphatic imine (C=N–C) groups is 1. The molecule has 0 radical (unpaired) electrons. The second kappa shape index (κ2) is 12.4. The summed E-state index contributed by atoms with van der Waals surface area (Å²) in [4.78, 5) is 15.6. The lowest BCUT2D eigenvalue weighted by molar-refractivity contribution is 0.173. The van der Waals surface area contributed by atoms with Gasteiger partial charge in [0.05, 0.1) is 0 Å². The monoisotopic (exact) mass is 516 g/mol. The van der Waals surface area contributed by atoms with E-state index in [1.165, 1.54) is 4.88 Å². The number of nitrogens with zero attached hydrogens (tertiary/aromatic N) is 5. The van der Waals surface area contributed by atoms with Gasteiger partial charge in [-0.1, -0.05) is 6.07 Å². The molecule has 8 heteroatoms. The normalized spacial score (nSPS) is 15.5. The van der Waals surface area contributed by atoms with Crippen LogP contribution < -0.4 is 5.32 Å². The molecule has 0 saturated carbocycles. The van der Waals surface area contributed by atoms with Crippen LogP contribution in [-0.4, -0.2) is 64.6 Å². The largest absolute Gasteiger partial charge is 0.357 e. The highest BCUT2D eigenvalue weighted by atomic mass is 127. The third-order valence-electron chi connectivity index (χ3n) is 4.96. The van der Waals surface area contributed by atoms with Crippen LogP contribution in [0.5, 0.6) is 0 Å². The third kappa shape index (κ3) is 7.04. The molecule has 3 heterocycles. The first-order valence-electron chi connectivity index (χ1n) is 10.0. The summed E-state index contributed by atoms with van der Waals surface area (Å²) < 4.78 is 2.21. The second-order valence-corrected chi connectivity index (χ2v) is 7.99. The first kappa shape index (κ1) is 23.2. The number of aryl methyl sites for hydroxylation is 2. The summed E-state index contributed by atoms with van der Waals surface area (Å²) in [6.07, 6.45) is 6.16. The van der Waals surface area contributed by atoms with Gasteiger partial charge in [-0.25, -0.2) is 4.98 Å². The minimum Gasteiger partial charge on any atom is -0.357 e. The maximum Gasteiger partial charge on any atom is 0.194 e. The molecule has 0 amide bonds. The summed E-state index contributed by atoms with van der Waals surface area (Å²) in [5, 5.41) is 5.63. The predicted octanol–water partition coefficient (Wildman–Crippen LogP) is 3.43. The molecule has 0 bridgehead atoms. The number of unbranched alkanes of at least 4 members (excludes halogenated alkanes) is 1. The van der Waals surface area contributed by atoms with Crippen molar-refractivity contribution >= 4 is 41.3 Å². The van der Waals surface area contributed by atoms with E-state index in [9.17, 15) is 0 Å². The van der Waals surface area contributed by atoms with Crippen LogP contribution in [0.2, 0.25) is 0 Å². The summed E-state index contributed by atoms with van der Waals surface area (Å²) in [7, 11) is 0. The molecule has 2 aromatic rings. The van der Waals surface area contributed by atoms with Crippen LogP contribution in [0.4, 0.5) is 0 Å². The SMILES string of the molecule is CCNC(=NCCCCn1ccnc1C)N1CCN(Cc2cccs2)CC1.I. The summed E-state index contributed by atoms with van der Waals surface area (Å²) in [5.41, 5.74) is 0. The van der Waals surface area contributed by atoms with Crippen LogP contribution in [0.3, 0.4) is 0 Å². The predicted molar refractivity (Wildman–Crippen MR) is 129 cm³/mol. The van der Waals surface area contributed by atoms with Gasteiger partial charge in [0.15, 0.2) is 5.96 Å². The number of aromatic nitrogens is 2. The molecule has 0 spiro atoms. The van der Waals surface area contributed by atoms with Gasteiger partial charge in [-0.3, -0.25) is 9.89 Å². The van der Waals surface area contributed by atoms with Crippen molar-refractivity contribution in [3.63, 3.8) is 0 Å². The Morgan fingerprint density at radius 1 is 1.25 bits per heavy atom. The van der Waals surface area contributed by atoms with Gasteiger partial charge in [0.1, 0.15) is 5.82 Å². The zero-order valence-corrected chi connectivity index (χ0v) is 20.2. The number of nitrogens with one attached hydrogen (secondary N) is 1. The van der Waals surface area contributed by atoms with Gasteiger partial charge < -0.3 is 14.8 Å². The Balaban J connectivity index is 0.00000280. The molecule has 1 aliphatic rings. The van der Waals surface area contributed by atoms with E-state index >= 15 is 0 Å². The van der Waals surface area contributed by atoms with Crippen LogP contribution in [-0.2, 0) is 13.1 Å². The molecule has 1 saturated heterocycles. The highest BCUT2D eigenvalue weighted by Crippen LogP contribution is 2.13. The van der Waals surface area contributed by atoms with Crippen molar-refractivity contribution in [2.24, 2.45) is 4.99 Å². The lowest BCUT2D eigenvalue weighted by atomic mass is 10.3. The molecule has 1 aliphatic heterocycles. The number of thiophene rings is 1. The highest BCUT2D eigenvalue weighted by molar-refractivity contribution is 14.0. The Labute approximate surface area is 190 Å². The molecule has 28 heavy (non-hydrogen) atoms. The quantitative estimate of drug-likeness (QED) is 0.253. The molecule has 156 valence electrons. The Morgan fingerprint density at radius 2 is 2.07 bits per heavy atom. The summed E-state index contributed by atoms with van der Waals surface area (Å²) in [6.45, 7) is 12.4. The van der Waals surface area contributed by atoms with Crippen LogP contribution >= 0.6 is 35.3 Å². The topological polar surface area (TPSA) is 48.7 Å². The summed E-state index contributed by atoms with van der Waals surface area (Å²) in [5.74, 6) is 2.17. The van der Waals surface area contributed by atoms with Gasteiger partial charge in [-0.2, -0.15) is 0 Å². The summed E-state index contributed by atoms with van der Waals surface area (Å²) >= 11 is 1.85. The van der Waals surface area contributed by atoms with Crippen molar-refractivity contribution in [2.45, 2.75) is 39.8 Å². The van der Waals surface area contributed by atoms with Crippen molar-refractivity contribution in [1.82, 2.24) is 24.7 Å². The molecule has 0 aromatic carbocycles. The molecule has 3 rings (SSSR count). The van der Waals surface area contributed by atoms with Gasteiger partial charge in [-0.15, -0.1) is 35.3 Å². The average Bonchev–Trinajstić information content (AvgIpc) is 3.33. The standard InChI is InChI=1S/C20H32N6S.HI/c1-3-21-20(23-8-4-5-10-25-11-9-22-18(25)2)26-14-12-24(13-15-26)17-19-7-6-16-27-19;/h6-7,9,11,16H,3-5,8,10,12-15,17H2,1-2H3,(H,21,23);1H. The number of imidazole rings is 1. The van der Waals surface area contributed by atoms with Gasteiger partial charge in [0.2, 0.25) is 0 Å². The second-order valence-electron chi connectivity index (χ2n) is 6.95. The van der Waals surface area contributed by atoms with E-state index in [0.717, 1.165) is 77.0 Å². The average molecular weight is 516 g/mol. The number of hydrogen-bond donors (Lipinski definition) is 1. The van der Waals surface area contributed by atoms with Crippen LogP contribution in [0, 0.1) is 6.92 Å². The van der Waals surface area contributed by atoms with E-state index < -0.39 is 0 Å². The molecule has 0 aliphatic carbocycles. The molecule has 6 nitrogen and oxygen atoms in total. The van der Waals surface area contributed by atoms with Gasteiger partial charge in [0, 0.05) is 69.6 Å². The minimum absolute atomic E-state index is 0. The van der Waals surface area contributed by atoms with Gasteiger partial charge in [-0.05, 0) is 38.1 Å². The van der Waals surface area contributed by atoms with Crippen molar-refractivity contribution in [1.29, 1.82) is 0 Å². The fourth-order valence-corrected chi connectivity index (χ4v) is 4.13. The zero-order valence-electron chi connectivity index (χ0n) is 17.0. The molecular weight excluding hydrogens is 483 g/mol. The Kier molecular flexibility index (Phi) is 10.3. The smallest absolute Gasteiger partial charge is 0.194 e. The van der Waals surface area contributed by atoms with Crippen molar-refractivity contribution < 1.29 is 0 Å². The van der Waals surface area contributed by atoms with E-state index in [1.54, 1.807) is 0 Å². The van der Waals surface area contributed by atoms with Crippen LogP contribution in [0.25, 0.3) is 0 Å². The molecule has 1 fully saturated rings. The van der Waals surface area contributed by atoms with E-state index in [2.05, 4.69) is 62.2 Å². The number of piperazine rings is 1. The lowest BCUT2D eigenvalue weighted by Crippen LogP contribution is -2.52. The minimum atomic E-state index is 0. The maximum atomic E-state index is 4.87. The molecular formula is C20H33IN6S. The maximum absolute atomic E-state index is 4.87. The van der Waals surface area contributed by atoms with Crippen molar-refractivity contribution in [2.75, 3.05) is 39.3 Å². The molecule has 2 aromatic heterocycles.